The highest BCUT2D eigenvalue weighted by atomic mass is 16.3. The number of nitrogens with zero attached hydrogens (tertiary/aromatic N) is 2. The molecule has 0 aliphatic carbocycles. The fourth-order valence-electron chi connectivity index (χ4n) is 0.902. The molecule has 0 fully saturated rings. The quantitative estimate of drug-likeness (QED) is 0.655. The summed E-state index contributed by atoms with van der Waals surface area (Å²) in [5.74, 6) is -0.0851. The average Bonchev–Trinajstić information content (AvgIpc) is 2.10. The summed E-state index contributed by atoms with van der Waals surface area (Å²) >= 11 is 0. The van der Waals surface area contributed by atoms with Gasteiger partial charge in [0.1, 0.15) is 0 Å². The second-order valence-corrected chi connectivity index (χ2v) is 2.70. The zero-order chi connectivity index (χ0) is 8.97. The van der Waals surface area contributed by atoms with Crippen molar-refractivity contribution in [2.45, 2.75) is 12.8 Å². The molecule has 4 nitrogen and oxygen atoms in total. The Balaban J connectivity index is 2.80. The number of hydrogen-bond donors (Lipinski definition) is 2. The Morgan fingerprint density at radius 1 is 1.50 bits per heavy atom. The Hall–Kier alpha value is -1.00. The first-order valence-corrected chi connectivity index (χ1v) is 3.87. The first-order chi connectivity index (χ1) is 5.77. The molecule has 1 aromatic heterocycles. The largest absolute Gasteiger partial charge is 0.396 e. The van der Waals surface area contributed by atoms with E-state index in [1.165, 1.54) is 0 Å². The predicted octanol–water partition coefficient (Wildman–Crippen LogP) is -0.180. The summed E-state index contributed by atoms with van der Waals surface area (Å²) in [6, 6.07) is 0. The van der Waals surface area contributed by atoms with E-state index >= 15 is 0 Å². The maximum absolute atomic E-state index is 8.90. The molecule has 1 atom stereocenters. The summed E-state index contributed by atoms with van der Waals surface area (Å²) in [4.78, 5) is 8.18. The van der Waals surface area contributed by atoms with E-state index in [0.717, 1.165) is 11.4 Å². The molecule has 66 valence electrons. The van der Waals surface area contributed by atoms with Crippen molar-refractivity contribution < 1.29 is 5.11 Å². The SMILES string of the molecule is Cc1cnc(C(CN)CO)cn1. The van der Waals surface area contributed by atoms with Crippen LogP contribution in [0.2, 0.25) is 0 Å². The molecule has 1 aromatic rings. The van der Waals surface area contributed by atoms with Crippen LogP contribution in [0, 0.1) is 6.92 Å². The lowest BCUT2D eigenvalue weighted by atomic mass is 10.1. The summed E-state index contributed by atoms with van der Waals surface area (Å²) < 4.78 is 0. The van der Waals surface area contributed by atoms with E-state index in [-0.39, 0.29) is 12.5 Å². The van der Waals surface area contributed by atoms with Crippen LogP contribution in [0.25, 0.3) is 0 Å². The molecule has 4 heteroatoms. The summed E-state index contributed by atoms with van der Waals surface area (Å²) in [5, 5.41) is 8.90. The molecule has 1 unspecified atom stereocenters. The second-order valence-electron chi connectivity index (χ2n) is 2.70. The molecule has 3 N–H and O–H groups in total. The van der Waals surface area contributed by atoms with Crippen LogP contribution in [0.5, 0.6) is 0 Å². The number of aryl methyl sites for hydroxylation is 1. The zero-order valence-electron chi connectivity index (χ0n) is 7.07. The molecule has 1 heterocycles. The number of aliphatic hydroxyl groups excluding tert-OH is 1. The van der Waals surface area contributed by atoms with Crippen LogP contribution in [0.1, 0.15) is 17.3 Å². The molecule has 0 aliphatic heterocycles. The van der Waals surface area contributed by atoms with Crippen LogP contribution in [0.4, 0.5) is 0 Å². The van der Waals surface area contributed by atoms with Crippen molar-refractivity contribution in [3.63, 3.8) is 0 Å². The molecule has 0 bridgehead atoms. The first-order valence-electron chi connectivity index (χ1n) is 3.87. The first kappa shape index (κ1) is 9.09. The molecule has 0 amide bonds. The zero-order valence-corrected chi connectivity index (χ0v) is 7.07. The average molecular weight is 167 g/mol. The number of aliphatic hydroxyl groups is 1. The maximum atomic E-state index is 8.90. The van der Waals surface area contributed by atoms with Gasteiger partial charge in [0.15, 0.2) is 0 Å². The minimum Gasteiger partial charge on any atom is -0.396 e. The highest BCUT2D eigenvalue weighted by Gasteiger charge is 2.09. The Morgan fingerprint density at radius 2 is 2.25 bits per heavy atom. The van der Waals surface area contributed by atoms with Crippen LogP contribution in [-0.2, 0) is 0 Å². The number of rotatable bonds is 3. The van der Waals surface area contributed by atoms with Crippen molar-refractivity contribution in [3.05, 3.63) is 23.8 Å². The van der Waals surface area contributed by atoms with E-state index in [4.69, 9.17) is 10.8 Å². The molecule has 0 aliphatic rings. The van der Waals surface area contributed by atoms with Gasteiger partial charge in [-0.05, 0) is 6.92 Å². The summed E-state index contributed by atoms with van der Waals surface area (Å²) in [5.41, 5.74) is 7.05. The van der Waals surface area contributed by atoms with E-state index in [2.05, 4.69) is 9.97 Å². The molecule has 0 saturated carbocycles. The van der Waals surface area contributed by atoms with Crippen LogP contribution in [-0.4, -0.2) is 28.2 Å². The van der Waals surface area contributed by atoms with Gasteiger partial charge in [-0.15, -0.1) is 0 Å². The van der Waals surface area contributed by atoms with Gasteiger partial charge in [0.25, 0.3) is 0 Å². The van der Waals surface area contributed by atoms with Gasteiger partial charge in [0.2, 0.25) is 0 Å². The number of nitrogens with two attached hydrogens (primary N) is 1. The van der Waals surface area contributed by atoms with Crippen LogP contribution in [0.3, 0.4) is 0 Å². The standard InChI is InChI=1S/C8H13N3O/c1-6-3-11-8(4-10-6)7(2-9)5-12/h3-4,7,12H,2,5,9H2,1H3. The molecule has 0 saturated heterocycles. The van der Waals surface area contributed by atoms with Crippen molar-refractivity contribution in [2.75, 3.05) is 13.2 Å². The maximum Gasteiger partial charge on any atom is 0.0653 e. The van der Waals surface area contributed by atoms with E-state index in [0.29, 0.717) is 6.54 Å². The Morgan fingerprint density at radius 3 is 2.67 bits per heavy atom. The van der Waals surface area contributed by atoms with E-state index in [1.54, 1.807) is 12.4 Å². The fraction of sp³-hybridized carbons (Fsp3) is 0.500. The lowest BCUT2D eigenvalue weighted by molar-refractivity contribution is 0.265. The van der Waals surface area contributed by atoms with Crippen molar-refractivity contribution in [1.82, 2.24) is 9.97 Å². The molecule has 0 aromatic carbocycles. The van der Waals surface area contributed by atoms with Crippen LogP contribution >= 0.6 is 0 Å². The van der Waals surface area contributed by atoms with Crippen molar-refractivity contribution in [3.8, 4) is 0 Å². The number of aromatic nitrogens is 2. The monoisotopic (exact) mass is 167 g/mol. The Bertz CT molecular complexity index is 231. The third kappa shape index (κ3) is 1.99. The normalized spacial score (nSPS) is 12.9. The van der Waals surface area contributed by atoms with E-state index in [1.807, 2.05) is 6.92 Å². The number of hydrogen-bond acceptors (Lipinski definition) is 4. The van der Waals surface area contributed by atoms with E-state index < -0.39 is 0 Å². The molecule has 12 heavy (non-hydrogen) atoms. The van der Waals surface area contributed by atoms with Gasteiger partial charge < -0.3 is 10.8 Å². The molecule has 0 spiro atoms. The highest BCUT2D eigenvalue weighted by molar-refractivity contribution is 5.06. The van der Waals surface area contributed by atoms with Gasteiger partial charge >= 0.3 is 0 Å². The Labute approximate surface area is 71.5 Å². The van der Waals surface area contributed by atoms with E-state index in [9.17, 15) is 0 Å². The van der Waals surface area contributed by atoms with Gasteiger partial charge in [-0.2, -0.15) is 0 Å². The summed E-state index contributed by atoms with van der Waals surface area (Å²) in [7, 11) is 0. The summed E-state index contributed by atoms with van der Waals surface area (Å²) in [6.07, 6.45) is 3.33. The molecular weight excluding hydrogens is 154 g/mol. The molecular formula is C8H13N3O. The van der Waals surface area contributed by atoms with Crippen molar-refractivity contribution >= 4 is 0 Å². The minimum absolute atomic E-state index is 0.0221. The van der Waals surface area contributed by atoms with Crippen molar-refractivity contribution in [1.29, 1.82) is 0 Å². The third-order valence-electron chi connectivity index (χ3n) is 1.72. The lowest BCUT2D eigenvalue weighted by Crippen LogP contribution is -2.17. The third-order valence-corrected chi connectivity index (χ3v) is 1.72. The second kappa shape index (κ2) is 4.13. The smallest absolute Gasteiger partial charge is 0.0653 e. The van der Waals surface area contributed by atoms with Crippen molar-refractivity contribution in [2.24, 2.45) is 5.73 Å². The van der Waals surface area contributed by atoms with Crippen LogP contribution in [0.15, 0.2) is 12.4 Å². The Kier molecular flexibility index (Phi) is 3.13. The topological polar surface area (TPSA) is 72.0 Å². The lowest BCUT2D eigenvalue weighted by Gasteiger charge is -2.09. The van der Waals surface area contributed by atoms with Crippen LogP contribution < -0.4 is 5.73 Å². The predicted molar refractivity (Wildman–Crippen MR) is 45.7 cm³/mol. The summed E-state index contributed by atoms with van der Waals surface area (Å²) in [6.45, 7) is 2.29. The molecule has 1 rings (SSSR count). The highest BCUT2D eigenvalue weighted by Crippen LogP contribution is 2.08. The van der Waals surface area contributed by atoms with Gasteiger partial charge in [0, 0.05) is 24.9 Å². The minimum atomic E-state index is -0.0851. The fourth-order valence-corrected chi connectivity index (χ4v) is 0.902. The van der Waals surface area contributed by atoms with Gasteiger partial charge in [0.05, 0.1) is 18.0 Å². The van der Waals surface area contributed by atoms with Gasteiger partial charge in [-0.3, -0.25) is 9.97 Å². The molecule has 0 radical (unpaired) electrons. The van der Waals surface area contributed by atoms with Gasteiger partial charge in [-0.1, -0.05) is 0 Å². The van der Waals surface area contributed by atoms with Gasteiger partial charge in [-0.25, -0.2) is 0 Å².